The number of benzene rings is 1. The molecular formula is C17H14N2O2S3. The van der Waals surface area contributed by atoms with Crippen molar-refractivity contribution in [2.24, 2.45) is 0 Å². The van der Waals surface area contributed by atoms with Crippen molar-refractivity contribution in [3.63, 3.8) is 0 Å². The maximum atomic E-state index is 12.4. The minimum atomic E-state index is -0.271. The van der Waals surface area contributed by atoms with Gasteiger partial charge in [-0.1, -0.05) is 47.7 Å². The van der Waals surface area contributed by atoms with Crippen LogP contribution in [-0.4, -0.2) is 27.6 Å². The molecule has 1 aliphatic heterocycles. The van der Waals surface area contributed by atoms with Crippen molar-refractivity contribution in [2.75, 3.05) is 11.9 Å². The van der Waals surface area contributed by atoms with E-state index < -0.39 is 0 Å². The number of rotatable bonds is 4. The Bertz CT molecular complexity index is 811. The number of thiophene rings is 1. The Hall–Kier alpha value is -1.96. The minimum absolute atomic E-state index is 0.0830. The maximum absolute atomic E-state index is 12.4. The van der Waals surface area contributed by atoms with E-state index in [-0.39, 0.29) is 18.4 Å². The van der Waals surface area contributed by atoms with Crippen molar-refractivity contribution >= 4 is 63.2 Å². The fraction of sp³-hybridized carbons (Fsp3) is 0.118. The number of thiocarbonyl (C=S) groups is 1. The number of carbonyl (C=O) groups excluding carboxylic acids is 2. The summed E-state index contributed by atoms with van der Waals surface area (Å²) in [5, 5.41) is 4.72. The Morgan fingerprint density at radius 2 is 2.04 bits per heavy atom. The van der Waals surface area contributed by atoms with Gasteiger partial charge in [-0.2, -0.15) is 0 Å². The number of aryl methyl sites for hydroxylation is 1. The summed E-state index contributed by atoms with van der Waals surface area (Å²) in [6.07, 6.45) is 1.81. The summed E-state index contributed by atoms with van der Waals surface area (Å²) in [6.45, 7) is 1.89. The zero-order chi connectivity index (χ0) is 17.1. The molecule has 4 nitrogen and oxygen atoms in total. The van der Waals surface area contributed by atoms with Crippen LogP contribution in [0, 0.1) is 6.92 Å². The number of nitrogens with one attached hydrogen (secondary N) is 1. The molecule has 0 aliphatic carbocycles. The maximum Gasteiger partial charge on any atom is 0.266 e. The lowest BCUT2D eigenvalue weighted by atomic mass is 10.2. The molecule has 2 amide bonds. The Kier molecular flexibility index (Phi) is 5.13. The van der Waals surface area contributed by atoms with E-state index in [2.05, 4.69) is 5.32 Å². The number of amides is 2. The summed E-state index contributed by atoms with van der Waals surface area (Å²) < 4.78 is 0.405. The smallest absolute Gasteiger partial charge is 0.266 e. The summed E-state index contributed by atoms with van der Waals surface area (Å²) >= 11 is 8.01. The zero-order valence-electron chi connectivity index (χ0n) is 12.8. The molecule has 2 aromatic rings. The van der Waals surface area contributed by atoms with Crippen molar-refractivity contribution in [3.8, 4) is 0 Å². The van der Waals surface area contributed by atoms with Gasteiger partial charge in [0.05, 0.1) is 4.91 Å². The van der Waals surface area contributed by atoms with Gasteiger partial charge in [-0.05, 0) is 36.6 Å². The standard InChI is InChI=1S/C17H14N2O2S3/c1-11-4-6-12(7-5-11)18-15(20)10-19-16(21)14(24-17(19)22)9-13-3-2-8-23-13/h2-9H,10H2,1H3,(H,18,20)/b14-9-. The molecule has 2 heterocycles. The van der Waals surface area contributed by atoms with Crippen LogP contribution in [-0.2, 0) is 9.59 Å². The van der Waals surface area contributed by atoms with Crippen LogP contribution in [0.25, 0.3) is 6.08 Å². The lowest BCUT2D eigenvalue weighted by Gasteiger charge is -2.14. The van der Waals surface area contributed by atoms with Crippen molar-refractivity contribution in [3.05, 3.63) is 57.1 Å². The quantitative estimate of drug-likeness (QED) is 0.651. The highest BCUT2D eigenvalue weighted by atomic mass is 32.2. The molecule has 1 saturated heterocycles. The monoisotopic (exact) mass is 374 g/mol. The van der Waals surface area contributed by atoms with Crippen LogP contribution in [0.5, 0.6) is 0 Å². The molecule has 0 unspecified atom stereocenters. The third-order valence-electron chi connectivity index (χ3n) is 3.33. The SMILES string of the molecule is Cc1ccc(NC(=O)CN2C(=O)/C(=C/c3cccs3)SC2=S)cc1. The van der Waals surface area contributed by atoms with Gasteiger partial charge in [0.25, 0.3) is 5.91 Å². The van der Waals surface area contributed by atoms with Crippen LogP contribution >= 0.6 is 35.3 Å². The summed E-state index contributed by atoms with van der Waals surface area (Å²) in [5.41, 5.74) is 1.81. The topological polar surface area (TPSA) is 49.4 Å². The highest BCUT2D eigenvalue weighted by Gasteiger charge is 2.33. The first-order chi connectivity index (χ1) is 11.5. The molecule has 1 aliphatic rings. The van der Waals surface area contributed by atoms with E-state index in [1.807, 2.05) is 54.8 Å². The molecule has 7 heteroatoms. The van der Waals surface area contributed by atoms with Crippen molar-refractivity contribution in [2.45, 2.75) is 6.92 Å². The van der Waals surface area contributed by atoms with Crippen molar-refractivity contribution in [1.29, 1.82) is 0 Å². The highest BCUT2D eigenvalue weighted by molar-refractivity contribution is 8.26. The Labute approximate surface area is 153 Å². The van der Waals surface area contributed by atoms with Gasteiger partial charge in [0.15, 0.2) is 0 Å². The number of nitrogens with zero attached hydrogens (tertiary/aromatic N) is 1. The molecule has 3 rings (SSSR count). The molecule has 24 heavy (non-hydrogen) atoms. The summed E-state index contributed by atoms with van der Waals surface area (Å²) in [6, 6.07) is 11.3. The number of thioether (sulfide) groups is 1. The van der Waals surface area contributed by atoms with Crippen molar-refractivity contribution < 1.29 is 9.59 Å². The normalized spacial score (nSPS) is 16.0. The molecule has 0 spiro atoms. The van der Waals surface area contributed by atoms with Crippen molar-refractivity contribution in [1.82, 2.24) is 4.90 Å². The molecule has 0 saturated carbocycles. The van der Waals surface area contributed by atoms with Crippen LogP contribution in [0.4, 0.5) is 5.69 Å². The Morgan fingerprint density at radius 1 is 1.29 bits per heavy atom. The lowest BCUT2D eigenvalue weighted by Crippen LogP contribution is -2.36. The second-order valence-corrected chi connectivity index (χ2v) is 7.85. The zero-order valence-corrected chi connectivity index (χ0v) is 15.3. The van der Waals surface area contributed by atoms with Crippen LogP contribution in [0.15, 0.2) is 46.7 Å². The van der Waals surface area contributed by atoms with E-state index in [0.29, 0.717) is 14.9 Å². The second-order valence-electron chi connectivity index (χ2n) is 5.20. The molecule has 1 fully saturated rings. The van der Waals surface area contributed by atoms with Gasteiger partial charge in [-0.3, -0.25) is 14.5 Å². The van der Waals surface area contributed by atoms with E-state index in [0.717, 1.165) is 10.4 Å². The average molecular weight is 375 g/mol. The Balaban J connectivity index is 1.66. The van der Waals surface area contributed by atoms with Gasteiger partial charge in [0, 0.05) is 10.6 Å². The predicted octanol–water partition coefficient (Wildman–Crippen LogP) is 3.90. The van der Waals surface area contributed by atoms with Crippen LogP contribution in [0.3, 0.4) is 0 Å². The largest absolute Gasteiger partial charge is 0.325 e. The summed E-state index contributed by atoms with van der Waals surface area (Å²) in [7, 11) is 0. The molecule has 0 radical (unpaired) electrons. The van der Waals surface area contributed by atoms with Crippen LogP contribution < -0.4 is 5.32 Å². The first-order valence-corrected chi connectivity index (χ1v) is 9.29. The molecule has 0 atom stereocenters. The summed E-state index contributed by atoms with van der Waals surface area (Å²) in [5.74, 6) is -0.495. The van der Waals surface area contributed by atoms with Gasteiger partial charge in [0.1, 0.15) is 10.9 Å². The fourth-order valence-corrected chi connectivity index (χ4v) is 4.10. The lowest BCUT2D eigenvalue weighted by molar-refractivity contribution is -0.126. The van der Waals surface area contributed by atoms with E-state index in [1.54, 1.807) is 11.3 Å². The van der Waals surface area contributed by atoms with Gasteiger partial charge < -0.3 is 5.32 Å². The average Bonchev–Trinajstić information content (AvgIpc) is 3.14. The second kappa shape index (κ2) is 7.29. The molecule has 0 bridgehead atoms. The molecule has 1 aromatic heterocycles. The number of hydrogen-bond acceptors (Lipinski definition) is 5. The predicted molar refractivity (Wildman–Crippen MR) is 104 cm³/mol. The molecule has 1 N–H and O–H groups in total. The number of hydrogen-bond donors (Lipinski definition) is 1. The molecular weight excluding hydrogens is 360 g/mol. The van der Waals surface area contributed by atoms with Gasteiger partial charge in [0.2, 0.25) is 5.91 Å². The van der Waals surface area contributed by atoms with E-state index in [1.165, 1.54) is 16.7 Å². The van der Waals surface area contributed by atoms with Gasteiger partial charge in [-0.15, -0.1) is 11.3 Å². The molecule has 122 valence electrons. The third-order valence-corrected chi connectivity index (χ3v) is 5.52. The van der Waals surface area contributed by atoms with E-state index in [4.69, 9.17) is 12.2 Å². The van der Waals surface area contributed by atoms with Crippen LogP contribution in [0.1, 0.15) is 10.4 Å². The van der Waals surface area contributed by atoms with Crippen LogP contribution in [0.2, 0.25) is 0 Å². The van der Waals surface area contributed by atoms with Gasteiger partial charge in [-0.25, -0.2) is 0 Å². The fourth-order valence-electron chi connectivity index (χ4n) is 2.12. The summed E-state index contributed by atoms with van der Waals surface area (Å²) in [4.78, 5) is 27.5. The first-order valence-electron chi connectivity index (χ1n) is 7.18. The Morgan fingerprint density at radius 3 is 2.71 bits per heavy atom. The minimum Gasteiger partial charge on any atom is -0.325 e. The third kappa shape index (κ3) is 3.92. The number of anilines is 1. The first kappa shape index (κ1) is 16.9. The van der Waals surface area contributed by atoms with E-state index >= 15 is 0 Å². The highest BCUT2D eigenvalue weighted by Crippen LogP contribution is 2.33. The number of carbonyl (C=O) groups is 2. The van der Waals surface area contributed by atoms with E-state index in [9.17, 15) is 9.59 Å². The van der Waals surface area contributed by atoms with Gasteiger partial charge >= 0.3 is 0 Å². The molecule has 1 aromatic carbocycles.